The number of aromatic amines is 1. The Labute approximate surface area is 335 Å². The SMILES string of the molecule is C[C@@H](I)[C@H](NC(=O)Cc1ccccc1F)C(=O)N[C@]1(C(=O)N[C@H](C2=NC(c3ccccc3)CS2)[C@@H](C)I)CCc2[nH]c3c(C(F)(F)F)cccc3c2C1. The number of hydrogen-bond donors (Lipinski definition) is 4. The Kier molecular flexibility index (Phi) is 12.1. The number of fused-ring (bicyclic) bond motifs is 3. The number of halogens is 6. The minimum absolute atomic E-state index is 0.0749. The minimum Gasteiger partial charge on any atom is -0.358 e. The Morgan fingerprint density at radius 2 is 1.70 bits per heavy atom. The molecular weight excluding hydrogens is 936 g/mol. The van der Waals surface area contributed by atoms with Crippen molar-refractivity contribution >= 4 is 90.6 Å². The number of thioether (sulfide) groups is 1. The summed E-state index contributed by atoms with van der Waals surface area (Å²) in [5.41, 5.74) is -0.201. The number of aliphatic imine (C=N–C) groups is 1. The maximum absolute atomic E-state index is 14.8. The molecule has 0 saturated heterocycles. The molecule has 6 atom stereocenters. The summed E-state index contributed by atoms with van der Waals surface area (Å²) in [7, 11) is 0. The third-order valence-corrected chi connectivity index (χ3v) is 12.2. The monoisotopic (exact) mass is 973 g/mol. The number of nitrogens with one attached hydrogen (secondary N) is 4. The van der Waals surface area contributed by atoms with E-state index in [1.54, 1.807) is 30.8 Å². The molecule has 0 spiro atoms. The van der Waals surface area contributed by atoms with Crippen molar-refractivity contribution in [1.29, 1.82) is 0 Å². The quantitative estimate of drug-likeness (QED) is 0.0713. The van der Waals surface area contributed by atoms with Gasteiger partial charge in [-0.1, -0.05) is 120 Å². The maximum Gasteiger partial charge on any atom is 0.418 e. The predicted octanol–water partition coefficient (Wildman–Crippen LogP) is 7.42. The van der Waals surface area contributed by atoms with Crippen LogP contribution in [0.1, 0.15) is 54.3 Å². The summed E-state index contributed by atoms with van der Waals surface area (Å²) >= 11 is 5.79. The fourth-order valence-electron chi connectivity index (χ4n) is 6.87. The number of hydrogen-bond acceptors (Lipinski definition) is 5. The average molecular weight is 974 g/mol. The fraction of sp³-hybridized carbons (Fsp3) is 0.368. The second kappa shape index (κ2) is 16.3. The highest BCUT2D eigenvalue weighted by atomic mass is 127. The summed E-state index contributed by atoms with van der Waals surface area (Å²) in [5, 5.41) is 9.92. The van der Waals surface area contributed by atoms with Gasteiger partial charge >= 0.3 is 6.18 Å². The van der Waals surface area contributed by atoms with Gasteiger partial charge in [0.05, 0.1) is 34.6 Å². The van der Waals surface area contributed by atoms with E-state index < -0.39 is 56.8 Å². The van der Waals surface area contributed by atoms with Gasteiger partial charge in [0, 0.05) is 31.1 Å². The summed E-state index contributed by atoms with van der Waals surface area (Å²) in [4.78, 5) is 50.0. The predicted molar refractivity (Wildman–Crippen MR) is 216 cm³/mol. The fourth-order valence-corrected chi connectivity index (χ4v) is 9.38. The van der Waals surface area contributed by atoms with Crippen molar-refractivity contribution in [2.24, 2.45) is 4.99 Å². The molecule has 0 radical (unpaired) electrons. The molecule has 1 aliphatic heterocycles. The molecule has 4 aromatic rings. The van der Waals surface area contributed by atoms with Crippen molar-refractivity contribution in [3.8, 4) is 0 Å². The summed E-state index contributed by atoms with van der Waals surface area (Å²) in [6.45, 7) is 3.68. The number of H-pyrrole nitrogens is 1. The number of carbonyl (C=O) groups excluding carboxylic acids is 3. The maximum atomic E-state index is 14.8. The molecule has 8 nitrogen and oxygen atoms in total. The van der Waals surface area contributed by atoms with E-state index in [1.807, 2.05) is 59.8 Å². The van der Waals surface area contributed by atoms with Crippen molar-refractivity contribution < 1.29 is 31.9 Å². The number of amides is 3. The van der Waals surface area contributed by atoms with Crippen molar-refractivity contribution in [1.82, 2.24) is 20.9 Å². The highest BCUT2D eigenvalue weighted by Crippen LogP contribution is 2.40. The molecule has 3 aromatic carbocycles. The van der Waals surface area contributed by atoms with Crippen LogP contribution in [0.15, 0.2) is 77.8 Å². The molecule has 1 unspecified atom stereocenters. The van der Waals surface area contributed by atoms with Gasteiger partial charge in [-0.05, 0) is 41.7 Å². The lowest BCUT2D eigenvalue weighted by molar-refractivity contribution is -0.136. The van der Waals surface area contributed by atoms with Gasteiger partial charge in [-0.2, -0.15) is 13.2 Å². The van der Waals surface area contributed by atoms with Crippen LogP contribution in [0.5, 0.6) is 0 Å². The highest BCUT2D eigenvalue weighted by Gasteiger charge is 2.47. The van der Waals surface area contributed by atoms with Gasteiger partial charge in [-0.25, -0.2) is 4.39 Å². The molecule has 1 aliphatic carbocycles. The lowest BCUT2D eigenvalue weighted by Gasteiger charge is -2.39. The Balaban J connectivity index is 1.33. The first-order valence-corrected chi connectivity index (χ1v) is 20.5. The van der Waals surface area contributed by atoms with Crippen LogP contribution >= 0.6 is 56.9 Å². The average Bonchev–Trinajstić information content (AvgIpc) is 3.75. The van der Waals surface area contributed by atoms with E-state index >= 15 is 0 Å². The highest BCUT2D eigenvalue weighted by molar-refractivity contribution is 14.1. The zero-order valence-electron chi connectivity index (χ0n) is 28.7. The van der Waals surface area contributed by atoms with Crippen LogP contribution in [0.2, 0.25) is 0 Å². The third kappa shape index (κ3) is 8.71. The normalized spacial score (nSPS) is 20.8. The summed E-state index contributed by atoms with van der Waals surface area (Å²) < 4.78 is 55.9. The number of aromatic nitrogens is 1. The van der Waals surface area contributed by atoms with Crippen LogP contribution < -0.4 is 16.0 Å². The largest absolute Gasteiger partial charge is 0.418 e. The van der Waals surface area contributed by atoms with Crippen LogP contribution in [0.3, 0.4) is 0 Å². The van der Waals surface area contributed by atoms with Crippen LogP contribution in [-0.4, -0.2) is 59.0 Å². The number of carbonyl (C=O) groups is 3. The first-order chi connectivity index (χ1) is 25.2. The molecule has 280 valence electrons. The van der Waals surface area contributed by atoms with Crippen LogP contribution in [0, 0.1) is 5.82 Å². The van der Waals surface area contributed by atoms with E-state index in [0.717, 1.165) is 16.7 Å². The van der Waals surface area contributed by atoms with Crippen molar-refractivity contribution in [2.75, 3.05) is 5.75 Å². The van der Waals surface area contributed by atoms with Crippen LogP contribution in [-0.2, 0) is 39.8 Å². The Morgan fingerprint density at radius 3 is 2.38 bits per heavy atom. The molecule has 0 saturated carbocycles. The van der Waals surface area contributed by atoms with Gasteiger partial charge in [0.25, 0.3) is 0 Å². The number of aryl methyl sites for hydroxylation is 1. The molecule has 15 heteroatoms. The molecule has 1 aromatic heterocycles. The lowest BCUT2D eigenvalue weighted by atomic mass is 9.78. The standard InChI is InChI=1S/C38H37F4I2N5O3S/c1-20(43)31(47-30(50)17-23-11-6-7-14-27(23)39)34(51)49-37(16-15-28-25(18-37)24-12-8-13-26(33(24)45-28)38(40,41)42)36(52)48-32(21(2)44)35-46-29(19-53-35)22-9-4-3-5-10-22/h3-14,20-21,29,31-32,45H,15-19H2,1-2H3,(H,47,50)(H,48,52)(H,49,51)/t20-,21-,29?,31+,32+,37-/m1/s1. The van der Waals surface area contributed by atoms with Crippen molar-refractivity contribution in [2.45, 2.75) is 77.2 Å². The van der Waals surface area contributed by atoms with E-state index in [-0.39, 0.29) is 46.7 Å². The van der Waals surface area contributed by atoms with Crippen molar-refractivity contribution in [3.05, 3.63) is 107 Å². The number of benzene rings is 3. The topological polar surface area (TPSA) is 115 Å². The van der Waals surface area contributed by atoms with E-state index in [4.69, 9.17) is 4.99 Å². The molecule has 4 N–H and O–H groups in total. The van der Waals surface area contributed by atoms with E-state index in [9.17, 15) is 31.9 Å². The second-order valence-corrected chi connectivity index (χ2v) is 18.4. The Morgan fingerprint density at radius 1 is 0.981 bits per heavy atom. The van der Waals surface area contributed by atoms with Gasteiger partial charge in [0.15, 0.2) is 0 Å². The van der Waals surface area contributed by atoms with Crippen LogP contribution in [0.25, 0.3) is 10.9 Å². The van der Waals surface area contributed by atoms with Crippen LogP contribution in [0.4, 0.5) is 17.6 Å². The van der Waals surface area contributed by atoms with E-state index in [1.165, 1.54) is 24.3 Å². The molecular formula is C38H37F4I2N5O3S. The number of rotatable bonds is 11. The van der Waals surface area contributed by atoms with E-state index in [2.05, 4.69) is 43.5 Å². The summed E-state index contributed by atoms with van der Waals surface area (Å²) in [6, 6.07) is 17.9. The zero-order chi connectivity index (χ0) is 38.1. The first kappa shape index (κ1) is 39.5. The van der Waals surface area contributed by atoms with Gasteiger partial charge in [0.1, 0.15) is 17.4 Å². The van der Waals surface area contributed by atoms with Crippen molar-refractivity contribution in [3.63, 3.8) is 0 Å². The Hall–Kier alpha value is -3.19. The van der Waals surface area contributed by atoms with Gasteiger partial charge in [0.2, 0.25) is 17.7 Å². The number of alkyl halides is 5. The smallest absolute Gasteiger partial charge is 0.358 e. The zero-order valence-corrected chi connectivity index (χ0v) is 33.8. The Bertz CT molecular complexity index is 2040. The minimum atomic E-state index is -4.61. The molecule has 6 rings (SSSR count). The number of para-hydroxylation sites is 1. The molecule has 3 amide bonds. The van der Waals surface area contributed by atoms with Gasteiger partial charge in [-0.3, -0.25) is 19.4 Å². The molecule has 0 bridgehead atoms. The lowest BCUT2D eigenvalue weighted by Crippen LogP contribution is -2.67. The van der Waals surface area contributed by atoms with Gasteiger partial charge in [-0.15, -0.1) is 11.8 Å². The first-order valence-electron chi connectivity index (χ1n) is 17.1. The summed E-state index contributed by atoms with van der Waals surface area (Å²) in [6.07, 6.45) is -4.76. The molecule has 2 aliphatic rings. The second-order valence-electron chi connectivity index (χ2n) is 13.4. The molecule has 2 heterocycles. The molecule has 0 fully saturated rings. The number of nitrogens with zero attached hydrogens (tertiary/aromatic N) is 1. The molecule has 53 heavy (non-hydrogen) atoms. The summed E-state index contributed by atoms with van der Waals surface area (Å²) in [5.74, 6) is -1.58. The third-order valence-electron chi connectivity index (χ3n) is 9.65. The van der Waals surface area contributed by atoms with Gasteiger partial charge < -0.3 is 20.9 Å². The van der Waals surface area contributed by atoms with E-state index in [0.29, 0.717) is 22.4 Å².